The maximum Gasteiger partial charge on any atom is 0.251 e. The summed E-state index contributed by atoms with van der Waals surface area (Å²) in [6.07, 6.45) is 2.41. The number of aryl methyl sites for hydroxylation is 1. The Bertz CT molecular complexity index is 1020. The van der Waals surface area contributed by atoms with Gasteiger partial charge in [-0.05, 0) is 57.5 Å². The smallest absolute Gasteiger partial charge is 0.251 e. The van der Waals surface area contributed by atoms with Gasteiger partial charge in [0.1, 0.15) is 5.75 Å². The number of nitrogens with two attached hydrogens (primary N) is 2. The number of hydrogen-bond donors (Lipinski definition) is 3. The number of fused-ring (bicyclic) bond motifs is 1. The third kappa shape index (κ3) is 5.11. The van der Waals surface area contributed by atoms with E-state index in [1.165, 1.54) is 0 Å². The first-order valence-electron chi connectivity index (χ1n) is 10.2. The SMILES string of the molecule is CCOc1cc(-c2ccc(C)nc2)nc2cc(C(=O)NCCC(N)C(C)N)ccc12. The third-order valence-corrected chi connectivity index (χ3v) is 4.98. The average molecular weight is 408 g/mol. The number of nitrogens with zero attached hydrogens (tertiary/aromatic N) is 2. The molecule has 1 amide bonds. The van der Waals surface area contributed by atoms with Crippen molar-refractivity contribution < 1.29 is 9.53 Å². The number of benzene rings is 1. The molecule has 3 rings (SSSR count). The molecule has 0 saturated heterocycles. The molecule has 7 heteroatoms. The molecular weight excluding hydrogens is 378 g/mol. The molecule has 0 aliphatic carbocycles. The average Bonchev–Trinajstić information content (AvgIpc) is 2.73. The molecule has 0 fully saturated rings. The number of ether oxygens (including phenoxy) is 1. The van der Waals surface area contributed by atoms with Crippen LogP contribution in [-0.4, -0.2) is 41.1 Å². The molecule has 5 N–H and O–H groups in total. The van der Waals surface area contributed by atoms with E-state index in [-0.39, 0.29) is 18.0 Å². The highest BCUT2D eigenvalue weighted by atomic mass is 16.5. The van der Waals surface area contributed by atoms with Gasteiger partial charge in [-0.3, -0.25) is 9.78 Å². The maximum absolute atomic E-state index is 12.6. The normalized spacial score (nSPS) is 13.1. The van der Waals surface area contributed by atoms with E-state index in [2.05, 4.69) is 10.3 Å². The number of carbonyl (C=O) groups is 1. The summed E-state index contributed by atoms with van der Waals surface area (Å²) in [5.41, 5.74) is 15.5. The van der Waals surface area contributed by atoms with Crippen molar-refractivity contribution in [3.05, 3.63) is 53.9 Å². The fourth-order valence-electron chi connectivity index (χ4n) is 3.10. The summed E-state index contributed by atoms with van der Waals surface area (Å²) in [5.74, 6) is 0.559. The number of carbonyl (C=O) groups excluding carboxylic acids is 1. The first-order valence-corrected chi connectivity index (χ1v) is 10.2. The van der Waals surface area contributed by atoms with Gasteiger partial charge in [-0.15, -0.1) is 0 Å². The fourth-order valence-corrected chi connectivity index (χ4v) is 3.10. The van der Waals surface area contributed by atoms with E-state index in [0.29, 0.717) is 30.7 Å². The van der Waals surface area contributed by atoms with Gasteiger partial charge in [-0.25, -0.2) is 4.98 Å². The van der Waals surface area contributed by atoms with Crippen molar-refractivity contribution in [2.45, 2.75) is 39.3 Å². The summed E-state index contributed by atoms with van der Waals surface area (Å²) in [6.45, 7) is 6.74. The molecular formula is C23H29N5O2. The molecule has 0 spiro atoms. The summed E-state index contributed by atoms with van der Waals surface area (Å²) in [4.78, 5) is 21.7. The topological polar surface area (TPSA) is 116 Å². The lowest BCUT2D eigenvalue weighted by molar-refractivity contribution is 0.0952. The molecule has 2 heterocycles. The van der Waals surface area contributed by atoms with Crippen LogP contribution >= 0.6 is 0 Å². The predicted molar refractivity (Wildman–Crippen MR) is 119 cm³/mol. The molecule has 30 heavy (non-hydrogen) atoms. The van der Waals surface area contributed by atoms with Gasteiger partial charge in [0.2, 0.25) is 0 Å². The fraction of sp³-hybridized carbons (Fsp3) is 0.348. The number of hydrogen-bond acceptors (Lipinski definition) is 6. The van der Waals surface area contributed by atoms with Crippen molar-refractivity contribution in [3.8, 4) is 17.0 Å². The number of rotatable bonds is 8. The van der Waals surface area contributed by atoms with E-state index in [9.17, 15) is 4.79 Å². The largest absolute Gasteiger partial charge is 0.493 e. The lowest BCUT2D eigenvalue weighted by Gasteiger charge is -2.15. The van der Waals surface area contributed by atoms with E-state index in [0.717, 1.165) is 28.1 Å². The minimum atomic E-state index is -0.170. The number of aromatic nitrogens is 2. The second-order valence-corrected chi connectivity index (χ2v) is 7.43. The molecule has 0 aliphatic rings. The van der Waals surface area contributed by atoms with Crippen molar-refractivity contribution in [1.82, 2.24) is 15.3 Å². The monoisotopic (exact) mass is 407 g/mol. The van der Waals surface area contributed by atoms with Crippen molar-refractivity contribution in [2.24, 2.45) is 11.5 Å². The number of amides is 1. The molecule has 2 aromatic heterocycles. The van der Waals surface area contributed by atoms with E-state index >= 15 is 0 Å². The molecule has 2 unspecified atom stereocenters. The minimum absolute atomic E-state index is 0.113. The Balaban J connectivity index is 1.89. The van der Waals surface area contributed by atoms with Gasteiger partial charge in [0.05, 0.1) is 17.8 Å². The zero-order valence-corrected chi connectivity index (χ0v) is 17.7. The molecule has 0 bridgehead atoms. The van der Waals surface area contributed by atoms with Crippen LogP contribution in [0.1, 0.15) is 36.3 Å². The first kappa shape index (κ1) is 21.7. The van der Waals surface area contributed by atoms with Crippen LogP contribution in [0, 0.1) is 6.92 Å². The predicted octanol–water partition coefficient (Wildman–Crippen LogP) is 2.80. The highest BCUT2D eigenvalue weighted by molar-refractivity contribution is 5.99. The summed E-state index contributed by atoms with van der Waals surface area (Å²) in [7, 11) is 0. The van der Waals surface area contributed by atoms with Crippen LogP contribution in [0.3, 0.4) is 0 Å². The number of pyridine rings is 2. The summed E-state index contributed by atoms with van der Waals surface area (Å²) >= 11 is 0. The zero-order valence-electron chi connectivity index (χ0n) is 17.7. The van der Waals surface area contributed by atoms with Gasteiger partial charge in [0.15, 0.2) is 0 Å². The summed E-state index contributed by atoms with van der Waals surface area (Å²) in [6, 6.07) is 11.0. The van der Waals surface area contributed by atoms with E-state index < -0.39 is 0 Å². The van der Waals surface area contributed by atoms with Crippen LogP contribution in [0.4, 0.5) is 0 Å². The molecule has 3 aromatic rings. The molecule has 0 aliphatic heterocycles. The molecule has 7 nitrogen and oxygen atoms in total. The van der Waals surface area contributed by atoms with Crippen LogP contribution in [0.5, 0.6) is 5.75 Å². The van der Waals surface area contributed by atoms with Gasteiger partial charge >= 0.3 is 0 Å². The standard InChI is InChI=1S/C23H29N5O2/c1-4-30-22-12-20(17-6-5-14(2)27-13-17)28-21-11-16(7-8-18(21)22)23(29)26-10-9-19(25)15(3)24/h5-8,11-13,15,19H,4,9-10,24-25H2,1-3H3,(H,26,29). The lowest BCUT2D eigenvalue weighted by atomic mass is 10.1. The summed E-state index contributed by atoms with van der Waals surface area (Å²) < 4.78 is 5.83. The molecule has 0 saturated carbocycles. The third-order valence-electron chi connectivity index (χ3n) is 4.98. The number of nitrogens with one attached hydrogen (secondary N) is 1. The lowest BCUT2D eigenvalue weighted by Crippen LogP contribution is -2.41. The quantitative estimate of drug-likeness (QED) is 0.529. The molecule has 1 aromatic carbocycles. The minimum Gasteiger partial charge on any atom is -0.493 e. The molecule has 2 atom stereocenters. The second kappa shape index (κ2) is 9.65. The van der Waals surface area contributed by atoms with Crippen molar-refractivity contribution in [1.29, 1.82) is 0 Å². The Morgan fingerprint density at radius 3 is 2.67 bits per heavy atom. The Labute approximate surface area is 176 Å². The maximum atomic E-state index is 12.6. The van der Waals surface area contributed by atoms with E-state index in [4.69, 9.17) is 21.2 Å². The zero-order chi connectivity index (χ0) is 21.7. The van der Waals surface area contributed by atoms with Crippen LogP contribution in [0.15, 0.2) is 42.6 Å². The van der Waals surface area contributed by atoms with E-state index in [1.807, 2.05) is 45.0 Å². The second-order valence-electron chi connectivity index (χ2n) is 7.43. The van der Waals surface area contributed by atoms with Crippen molar-refractivity contribution in [2.75, 3.05) is 13.2 Å². The van der Waals surface area contributed by atoms with Crippen molar-refractivity contribution >= 4 is 16.8 Å². The van der Waals surface area contributed by atoms with Crippen LogP contribution in [-0.2, 0) is 0 Å². The van der Waals surface area contributed by atoms with Gasteiger partial charge in [0, 0.05) is 53.1 Å². The Morgan fingerprint density at radius 2 is 2.00 bits per heavy atom. The molecule has 0 radical (unpaired) electrons. The van der Waals surface area contributed by atoms with Crippen LogP contribution in [0.25, 0.3) is 22.2 Å². The van der Waals surface area contributed by atoms with Gasteiger partial charge in [0.25, 0.3) is 5.91 Å². The summed E-state index contributed by atoms with van der Waals surface area (Å²) in [5, 5.41) is 3.76. The van der Waals surface area contributed by atoms with Gasteiger partial charge < -0.3 is 21.5 Å². The Morgan fingerprint density at radius 1 is 1.20 bits per heavy atom. The van der Waals surface area contributed by atoms with Gasteiger partial charge in [-0.2, -0.15) is 0 Å². The highest BCUT2D eigenvalue weighted by Gasteiger charge is 2.13. The Hall–Kier alpha value is -3.03. The van der Waals surface area contributed by atoms with Crippen LogP contribution < -0.4 is 21.5 Å². The Kier molecular flexibility index (Phi) is 6.97. The van der Waals surface area contributed by atoms with Gasteiger partial charge in [-0.1, -0.05) is 0 Å². The van der Waals surface area contributed by atoms with E-state index in [1.54, 1.807) is 18.3 Å². The van der Waals surface area contributed by atoms with Crippen molar-refractivity contribution in [3.63, 3.8) is 0 Å². The van der Waals surface area contributed by atoms with Crippen LogP contribution in [0.2, 0.25) is 0 Å². The highest BCUT2D eigenvalue weighted by Crippen LogP contribution is 2.30. The molecule has 158 valence electrons. The first-order chi connectivity index (χ1) is 14.4.